The van der Waals surface area contributed by atoms with E-state index in [-0.39, 0.29) is 12.4 Å². The van der Waals surface area contributed by atoms with Crippen molar-refractivity contribution in [1.82, 2.24) is 9.78 Å². The molecule has 0 spiro atoms. The predicted molar refractivity (Wildman–Crippen MR) is 51.6 cm³/mol. The highest BCUT2D eigenvalue weighted by Gasteiger charge is 2.09. The van der Waals surface area contributed by atoms with E-state index < -0.39 is 5.97 Å². The average molecular weight is 212 g/mol. The number of esters is 1. The van der Waals surface area contributed by atoms with Crippen LogP contribution in [0.5, 0.6) is 0 Å². The summed E-state index contributed by atoms with van der Waals surface area (Å²) in [6.07, 6.45) is 2.83. The van der Waals surface area contributed by atoms with Crippen molar-refractivity contribution >= 4 is 11.8 Å². The van der Waals surface area contributed by atoms with Crippen molar-refractivity contribution in [2.24, 2.45) is 10.9 Å². The van der Waals surface area contributed by atoms with Gasteiger partial charge >= 0.3 is 5.97 Å². The zero-order valence-corrected chi connectivity index (χ0v) is 8.25. The second-order valence-corrected chi connectivity index (χ2v) is 2.74. The Balaban J connectivity index is 2.68. The zero-order valence-electron chi connectivity index (χ0n) is 8.25. The van der Waals surface area contributed by atoms with Crippen molar-refractivity contribution < 1.29 is 14.7 Å². The van der Waals surface area contributed by atoms with Crippen molar-refractivity contribution in [2.75, 3.05) is 6.61 Å². The summed E-state index contributed by atoms with van der Waals surface area (Å²) in [6.45, 7) is 2.15. The Morgan fingerprint density at radius 3 is 3.13 bits per heavy atom. The van der Waals surface area contributed by atoms with Crippen molar-refractivity contribution in [3.63, 3.8) is 0 Å². The standard InChI is InChI=1S/C8H12N4O3/c1-2-15-8(13)6-3-10-12(4-6)5-7(9)11-14/h3-4,14H,2,5H2,1H3,(H2,9,11). The minimum Gasteiger partial charge on any atom is -0.462 e. The maximum Gasteiger partial charge on any atom is 0.341 e. The maximum absolute atomic E-state index is 11.2. The van der Waals surface area contributed by atoms with E-state index in [0.717, 1.165) is 0 Å². The number of ether oxygens (including phenoxy) is 1. The molecule has 0 saturated heterocycles. The van der Waals surface area contributed by atoms with Gasteiger partial charge in [0.25, 0.3) is 0 Å². The fraction of sp³-hybridized carbons (Fsp3) is 0.375. The van der Waals surface area contributed by atoms with E-state index in [1.54, 1.807) is 6.92 Å². The van der Waals surface area contributed by atoms with Gasteiger partial charge in [-0.3, -0.25) is 4.68 Å². The van der Waals surface area contributed by atoms with Gasteiger partial charge in [0.15, 0.2) is 5.84 Å². The van der Waals surface area contributed by atoms with Gasteiger partial charge in [0.05, 0.1) is 18.4 Å². The Morgan fingerprint density at radius 2 is 2.53 bits per heavy atom. The maximum atomic E-state index is 11.2. The van der Waals surface area contributed by atoms with Crippen molar-refractivity contribution in [2.45, 2.75) is 13.5 Å². The normalized spacial score (nSPS) is 11.4. The molecule has 0 fully saturated rings. The molecule has 0 aliphatic heterocycles. The minimum absolute atomic E-state index is 0.00788. The fourth-order valence-electron chi connectivity index (χ4n) is 0.967. The van der Waals surface area contributed by atoms with E-state index in [4.69, 9.17) is 15.7 Å². The van der Waals surface area contributed by atoms with Gasteiger partial charge in [0, 0.05) is 6.20 Å². The quantitative estimate of drug-likeness (QED) is 0.236. The van der Waals surface area contributed by atoms with Crippen molar-refractivity contribution in [3.05, 3.63) is 18.0 Å². The van der Waals surface area contributed by atoms with Crippen LogP contribution in [0.15, 0.2) is 17.5 Å². The monoisotopic (exact) mass is 212 g/mol. The van der Waals surface area contributed by atoms with Crippen LogP contribution in [0.2, 0.25) is 0 Å². The summed E-state index contributed by atoms with van der Waals surface area (Å²) in [7, 11) is 0. The number of nitrogens with zero attached hydrogens (tertiary/aromatic N) is 3. The number of oxime groups is 1. The zero-order chi connectivity index (χ0) is 11.3. The molecule has 7 heteroatoms. The summed E-state index contributed by atoms with van der Waals surface area (Å²) < 4.78 is 6.15. The van der Waals surface area contributed by atoms with Gasteiger partial charge in [0.2, 0.25) is 0 Å². The van der Waals surface area contributed by atoms with Gasteiger partial charge in [-0.15, -0.1) is 0 Å². The van der Waals surface area contributed by atoms with Crippen LogP contribution in [0.25, 0.3) is 0 Å². The second kappa shape index (κ2) is 4.99. The Morgan fingerprint density at radius 1 is 1.80 bits per heavy atom. The average Bonchev–Trinajstić information content (AvgIpc) is 2.66. The van der Waals surface area contributed by atoms with Gasteiger partial charge in [0.1, 0.15) is 6.54 Å². The molecular weight excluding hydrogens is 200 g/mol. The molecule has 1 rings (SSSR count). The van der Waals surface area contributed by atoms with E-state index in [2.05, 4.69) is 10.3 Å². The lowest BCUT2D eigenvalue weighted by Gasteiger charge is -1.98. The summed E-state index contributed by atoms with van der Waals surface area (Å²) in [4.78, 5) is 11.2. The lowest BCUT2D eigenvalue weighted by Crippen LogP contribution is -2.19. The van der Waals surface area contributed by atoms with Crippen LogP contribution in [-0.2, 0) is 11.3 Å². The summed E-state index contributed by atoms with van der Waals surface area (Å²) in [5.74, 6) is -0.434. The van der Waals surface area contributed by atoms with Crippen LogP contribution in [-0.4, -0.2) is 33.4 Å². The third kappa shape index (κ3) is 2.97. The molecule has 1 heterocycles. The molecular formula is C8H12N4O3. The highest BCUT2D eigenvalue weighted by Crippen LogP contribution is 2.00. The Bertz CT molecular complexity index is 372. The molecule has 7 nitrogen and oxygen atoms in total. The number of carbonyl (C=O) groups excluding carboxylic acids is 1. The van der Waals surface area contributed by atoms with Crippen LogP contribution in [0.3, 0.4) is 0 Å². The molecule has 0 radical (unpaired) electrons. The van der Waals surface area contributed by atoms with Crippen molar-refractivity contribution in [3.8, 4) is 0 Å². The van der Waals surface area contributed by atoms with Gasteiger partial charge in [-0.1, -0.05) is 5.16 Å². The predicted octanol–water partition coefficient (Wildman–Crippen LogP) is -0.194. The van der Waals surface area contributed by atoms with Crippen LogP contribution >= 0.6 is 0 Å². The molecule has 0 amide bonds. The topological polar surface area (TPSA) is 103 Å². The molecule has 3 N–H and O–H groups in total. The first kappa shape index (κ1) is 11.0. The van der Waals surface area contributed by atoms with Crippen molar-refractivity contribution in [1.29, 1.82) is 0 Å². The van der Waals surface area contributed by atoms with Gasteiger partial charge in [-0.05, 0) is 6.92 Å². The molecule has 0 unspecified atom stereocenters. The molecule has 0 bridgehead atoms. The summed E-state index contributed by atoms with van der Waals surface area (Å²) in [6, 6.07) is 0. The molecule has 0 aliphatic rings. The summed E-state index contributed by atoms with van der Waals surface area (Å²) in [5, 5.41) is 15.0. The number of nitrogens with two attached hydrogens (primary N) is 1. The molecule has 1 aromatic heterocycles. The summed E-state index contributed by atoms with van der Waals surface area (Å²) >= 11 is 0. The fourth-order valence-corrected chi connectivity index (χ4v) is 0.967. The third-order valence-electron chi connectivity index (χ3n) is 1.60. The first-order valence-corrected chi connectivity index (χ1v) is 4.33. The third-order valence-corrected chi connectivity index (χ3v) is 1.60. The van der Waals surface area contributed by atoms with Crippen LogP contribution in [0, 0.1) is 0 Å². The van der Waals surface area contributed by atoms with Gasteiger partial charge < -0.3 is 15.7 Å². The Hall–Kier alpha value is -2.05. The number of amidine groups is 1. The largest absolute Gasteiger partial charge is 0.462 e. The number of hydrogen-bond donors (Lipinski definition) is 2. The lowest BCUT2D eigenvalue weighted by atomic mass is 10.4. The molecule has 15 heavy (non-hydrogen) atoms. The Labute approximate surface area is 86.1 Å². The lowest BCUT2D eigenvalue weighted by molar-refractivity contribution is 0.0526. The molecule has 1 aromatic rings. The van der Waals surface area contributed by atoms with Crippen LogP contribution < -0.4 is 5.73 Å². The Kier molecular flexibility index (Phi) is 3.67. The van der Waals surface area contributed by atoms with E-state index in [0.29, 0.717) is 12.2 Å². The van der Waals surface area contributed by atoms with Crippen LogP contribution in [0.4, 0.5) is 0 Å². The van der Waals surface area contributed by atoms with E-state index in [1.165, 1.54) is 17.1 Å². The minimum atomic E-state index is -0.441. The number of hydrogen-bond acceptors (Lipinski definition) is 5. The second-order valence-electron chi connectivity index (χ2n) is 2.74. The molecule has 82 valence electrons. The highest BCUT2D eigenvalue weighted by molar-refractivity contribution is 5.88. The van der Waals surface area contributed by atoms with E-state index in [9.17, 15) is 4.79 Å². The molecule has 0 aromatic carbocycles. The van der Waals surface area contributed by atoms with Gasteiger partial charge in [-0.2, -0.15) is 5.10 Å². The number of rotatable bonds is 4. The number of carbonyl (C=O) groups is 1. The van der Waals surface area contributed by atoms with Crippen LogP contribution in [0.1, 0.15) is 17.3 Å². The first-order chi connectivity index (χ1) is 7.17. The number of aromatic nitrogens is 2. The van der Waals surface area contributed by atoms with E-state index in [1.807, 2.05) is 0 Å². The van der Waals surface area contributed by atoms with E-state index >= 15 is 0 Å². The molecule has 0 saturated carbocycles. The molecule has 0 aliphatic carbocycles. The first-order valence-electron chi connectivity index (χ1n) is 4.33. The highest BCUT2D eigenvalue weighted by atomic mass is 16.5. The smallest absolute Gasteiger partial charge is 0.341 e. The van der Waals surface area contributed by atoms with Gasteiger partial charge in [-0.25, -0.2) is 4.79 Å². The SMILES string of the molecule is CCOC(=O)c1cnn(C/C(N)=N\O)c1. The molecule has 0 atom stereocenters. The summed E-state index contributed by atoms with van der Waals surface area (Å²) in [5.41, 5.74) is 5.61.